The van der Waals surface area contributed by atoms with Crippen molar-refractivity contribution < 1.29 is 0 Å². The van der Waals surface area contributed by atoms with E-state index in [1.54, 1.807) is 10.8 Å². The lowest BCUT2D eigenvalue weighted by Crippen LogP contribution is -2.25. The van der Waals surface area contributed by atoms with E-state index in [1.807, 2.05) is 0 Å². The van der Waals surface area contributed by atoms with Crippen molar-refractivity contribution in [1.29, 1.82) is 0 Å². The Balaban J connectivity index is 1.77. The zero-order valence-electron chi connectivity index (χ0n) is 12.3. The minimum atomic E-state index is 0.684. The fourth-order valence-electron chi connectivity index (χ4n) is 3.10. The molecule has 2 unspecified atom stereocenters. The van der Waals surface area contributed by atoms with Crippen LogP contribution in [0.25, 0.3) is 5.78 Å². The van der Waals surface area contributed by atoms with Crippen molar-refractivity contribution in [2.24, 2.45) is 11.8 Å². The second-order valence-corrected chi connectivity index (χ2v) is 5.86. The summed E-state index contributed by atoms with van der Waals surface area (Å²) in [6.07, 6.45) is 7.93. The molecule has 0 amide bonds. The molecular formula is C15H23N5. The molecule has 1 saturated carbocycles. The average molecular weight is 273 g/mol. The number of hydrogen-bond acceptors (Lipinski definition) is 4. The van der Waals surface area contributed by atoms with E-state index >= 15 is 0 Å². The lowest BCUT2D eigenvalue weighted by atomic mass is 9.80. The molecule has 5 heteroatoms. The van der Waals surface area contributed by atoms with Crippen molar-refractivity contribution in [3.05, 3.63) is 18.1 Å². The van der Waals surface area contributed by atoms with Gasteiger partial charge in [-0.2, -0.15) is 14.6 Å². The Kier molecular flexibility index (Phi) is 3.85. The minimum Gasteiger partial charge on any atom is -0.370 e. The number of aryl methyl sites for hydroxylation is 1. The van der Waals surface area contributed by atoms with E-state index in [0.717, 1.165) is 36.3 Å². The Morgan fingerprint density at radius 3 is 3.00 bits per heavy atom. The SMILES string of the molecule is CCc1cc(NCC2CCCCC2C)n2ncnc2n1. The smallest absolute Gasteiger partial charge is 0.254 e. The number of nitrogens with one attached hydrogen (secondary N) is 1. The maximum atomic E-state index is 4.47. The number of anilines is 1. The van der Waals surface area contributed by atoms with Crippen molar-refractivity contribution in [3.8, 4) is 0 Å². The predicted octanol–water partition coefficient (Wildman–Crippen LogP) is 2.92. The first kappa shape index (κ1) is 13.3. The topological polar surface area (TPSA) is 55.1 Å². The van der Waals surface area contributed by atoms with Crippen LogP contribution in [0.4, 0.5) is 5.82 Å². The van der Waals surface area contributed by atoms with Gasteiger partial charge in [0.05, 0.1) is 0 Å². The lowest BCUT2D eigenvalue weighted by Gasteiger charge is -2.29. The second-order valence-electron chi connectivity index (χ2n) is 5.86. The van der Waals surface area contributed by atoms with Gasteiger partial charge in [-0.3, -0.25) is 0 Å². The van der Waals surface area contributed by atoms with Gasteiger partial charge in [0.2, 0.25) is 0 Å². The molecule has 108 valence electrons. The minimum absolute atomic E-state index is 0.684. The summed E-state index contributed by atoms with van der Waals surface area (Å²) in [5, 5.41) is 7.83. The molecule has 0 radical (unpaired) electrons. The van der Waals surface area contributed by atoms with E-state index in [0.29, 0.717) is 5.78 Å². The molecule has 2 aromatic heterocycles. The largest absolute Gasteiger partial charge is 0.370 e. The molecular weight excluding hydrogens is 250 g/mol. The van der Waals surface area contributed by atoms with Gasteiger partial charge in [0.1, 0.15) is 12.1 Å². The van der Waals surface area contributed by atoms with Gasteiger partial charge in [-0.05, 0) is 24.7 Å². The highest BCUT2D eigenvalue weighted by molar-refractivity contribution is 5.45. The van der Waals surface area contributed by atoms with E-state index in [-0.39, 0.29) is 0 Å². The molecule has 20 heavy (non-hydrogen) atoms. The number of aromatic nitrogens is 4. The van der Waals surface area contributed by atoms with Crippen LogP contribution in [0.1, 0.15) is 45.2 Å². The fourth-order valence-corrected chi connectivity index (χ4v) is 3.10. The van der Waals surface area contributed by atoms with Crippen LogP contribution in [-0.2, 0) is 6.42 Å². The number of fused-ring (bicyclic) bond motifs is 1. The number of hydrogen-bond donors (Lipinski definition) is 1. The van der Waals surface area contributed by atoms with Gasteiger partial charge in [-0.1, -0.05) is 33.1 Å². The molecule has 2 heterocycles. The zero-order valence-corrected chi connectivity index (χ0v) is 12.3. The molecule has 2 aromatic rings. The van der Waals surface area contributed by atoms with Gasteiger partial charge in [-0.15, -0.1) is 0 Å². The first-order valence-corrected chi connectivity index (χ1v) is 7.71. The summed E-state index contributed by atoms with van der Waals surface area (Å²) < 4.78 is 1.80. The maximum absolute atomic E-state index is 4.47. The second kappa shape index (κ2) is 5.77. The van der Waals surface area contributed by atoms with Crippen LogP contribution in [0.2, 0.25) is 0 Å². The molecule has 0 saturated heterocycles. The Labute approximate surface area is 119 Å². The molecule has 0 aromatic carbocycles. The zero-order chi connectivity index (χ0) is 13.9. The predicted molar refractivity (Wildman–Crippen MR) is 79.8 cm³/mol. The van der Waals surface area contributed by atoms with Crippen LogP contribution in [0.15, 0.2) is 12.4 Å². The summed E-state index contributed by atoms with van der Waals surface area (Å²) in [6, 6.07) is 2.09. The molecule has 1 N–H and O–H groups in total. The molecule has 1 aliphatic carbocycles. The van der Waals surface area contributed by atoms with Crippen molar-refractivity contribution in [2.45, 2.75) is 46.0 Å². The van der Waals surface area contributed by atoms with E-state index in [2.05, 4.69) is 40.3 Å². The van der Waals surface area contributed by atoms with Gasteiger partial charge in [0.15, 0.2) is 0 Å². The van der Waals surface area contributed by atoms with Crippen LogP contribution in [0.5, 0.6) is 0 Å². The molecule has 3 rings (SSSR count). The summed E-state index contributed by atoms with van der Waals surface area (Å²) >= 11 is 0. The first-order chi connectivity index (χ1) is 9.78. The van der Waals surface area contributed by atoms with Gasteiger partial charge < -0.3 is 5.32 Å². The molecule has 1 fully saturated rings. The van der Waals surface area contributed by atoms with E-state index < -0.39 is 0 Å². The molecule has 0 bridgehead atoms. The van der Waals surface area contributed by atoms with Crippen molar-refractivity contribution in [3.63, 3.8) is 0 Å². The Morgan fingerprint density at radius 1 is 1.35 bits per heavy atom. The molecule has 1 aliphatic rings. The third-order valence-electron chi connectivity index (χ3n) is 4.50. The van der Waals surface area contributed by atoms with Gasteiger partial charge in [0, 0.05) is 18.3 Å². The Hall–Kier alpha value is -1.65. The summed E-state index contributed by atoms with van der Waals surface area (Å²) in [7, 11) is 0. The molecule has 0 spiro atoms. The van der Waals surface area contributed by atoms with E-state index in [4.69, 9.17) is 0 Å². The fraction of sp³-hybridized carbons (Fsp3) is 0.667. The normalized spacial score (nSPS) is 23.1. The highest BCUT2D eigenvalue weighted by Gasteiger charge is 2.21. The molecule has 2 atom stereocenters. The highest BCUT2D eigenvalue weighted by atomic mass is 15.3. The first-order valence-electron chi connectivity index (χ1n) is 7.71. The third kappa shape index (κ3) is 2.62. The Bertz CT molecular complexity index is 577. The van der Waals surface area contributed by atoms with Gasteiger partial charge in [0.25, 0.3) is 5.78 Å². The van der Waals surface area contributed by atoms with Crippen LogP contribution in [0.3, 0.4) is 0 Å². The number of rotatable bonds is 4. The van der Waals surface area contributed by atoms with Crippen molar-refractivity contribution in [1.82, 2.24) is 19.6 Å². The van der Waals surface area contributed by atoms with Crippen LogP contribution in [-0.4, -0.2) is 26.1 Å². The highest BCUT2D eigenvalue weighted by Crippen LogP contribution is 2.29. The van der Waals surface area contributed by atoms with Crippen LogP contribution < -0.4 is 5.32 Å². The molecule has 0 aliphatic heterocycles. The summed E-state index contributed by atoms with van der Waals surface area (Å²) in [5.74, 6) is 3.28. The maximum Gasteiger partial charge on any atom is 0.254 e. The van der Waals surface area contributed by atoms with E-state index in [9.17, 15) is 0 Å². The third-order valence-corrected chi connectivity index (χ3v) is 4.50. The van der Waals surface area contributed by atoms with Gasteiger partial charge >= 0.3 is 0 Å². The number of nitrogens with zero attached hydrogens (tertiary/aromatic N) is 4. The van der Waals surface area contributed by atoms with Crippen molar-refractivity contribution >= 4 is 11.6 Å². The summed E-state index contributed by atoms with van der Waals surface area (Å²) in [4.78, 5) is 8.67. The standard InChI is InChI=1S/C15H23N5/c1-3-13-8-14(20-15(19-13)17-10-18-20)16-9-12-7-5-4-6-11(12)2/h8,10-12,16H,3-7,9H2,1-2H3. The van der Waals surface area contributed by atoms with Crippen LogP contribution >= 0.6 is 0 Å². The summed E-state index contributed by atoms with van der Waals surface area (Å²) in [5.41, 5.74) is 1.06. The Morgan fingerprint density at radius 2 is 2.20 bits per heavy atom. The van der Waals surface area contributed by atoms with Gasteiger partial charge in [-0.25, -0.2) is 4.98 Å². The quantitative estimate of drug-likeness (QED) is 0.930. The average Bonchev–Trinajstić information content (AvgIpc) is 2.94. The molecule has 5 nitrogen and oxygen atoms in total. The van der Waals surface area contributed by atoms with E-state index in [1.165, 1.54) is 25.7 Å². The van der Waals surface area contributed by atoms with Crippen molar-refractivity contribution in [2.75, 3.05) is 11.9 Å². The van der Waals surface area contributed by atoms with Crippen LogP contribution in [0, 0.1) is 11.8 Å². The summed E-state index contributed by atoms with van der Waals surface area (Å²) in [6.45, 7) is 5.51. The lowest BCUT2D eigenvalue weighted by molar-refractivity contribution is 0.268. The monoisotopic (exact) mass is 273 g/mol.